The molecular weight excluding hydrogens is 188 g/mol. The van der Waals surface area contributed by atoms with Crippen molar-refractivity contribution in [2.24, 2.45) is 11.8 Å². The second kappa shape index (κ2) is 8.75. The Morgan fingerprint density at radius 3 is 2.13 bits per heavy atom. The lowest BCUT2D eigenvalue weighted by atomic mass is 10.1. The molecule has 0 aromatic heterocycles. The fourth-order valence-electron chi connectivity index (χ4n) is 1.32. The Kier molecular flexibility index (Phi) is 8.44. The molecule has 0 aliphatic carbocycles. The molecule has 0 saturated heterocycles. The van der Waals surface area contributed by atoms with E-state index in [0.717, 1.165) is 25.2 Å². The molecule has 0 aliphatic rings. The van der Waals surface area contributed by atoms with Gasteiger partial charge in [-0.05, 0) is 31.1 Å². The van der Waals surface area contributed by atoms with E-state index < -0.39 is 0 Å². The van der Waals surface area contributed by atoms with E-state index in [9.17, 15) is 4.79 Å². The lowest BCUT2D eigenvalue weighted by Crippen LogP contribution is -2.07. The van der Waals surface area contributed by atoms with Gasteiger partial charge in [-0.25, -0.2) is 0 Å². The van der Waals surface area contributed by atoms with E-state index in [1.165, 1.54) is 6.42 Å². The molecular formula is C13H26O2. The van der Waals surface area contributed by atoms with Gasteiger partial charge in [0.25, 0.3) is 0 Å². The molecule has 0 N–H and O–H groups in total. The molecule has 2 nitrogen and oxygen atoms in total. The predicted molar refractivity (Wildman–Crippen MR) is 63.7 cm³/mol. The molecule has 0 bridgehead atoms. The maximum absolute atomic E-state index is 11.2. The third-order valence-corrected chi connectivity index (χ3v) is 2.36. The van der Waals surface area contributed by atoms with Gasteiger partial charge in [0.15, 0.2) is 0 Å². The van der Waals surface area contributed by atoms with Crippen molar-refractivity contribution in [2.75, 3.05) is 6.61 Å². The minimum absolute atomic E-state index is 0.0340. The fourth-order valence-corrected chi connectivity index (χ4v) is 1.32. The van der Waals surface area contributed by atoms with Gasteiger partial charge in [-0.1, -0.05) is 34.1 Å². The zero-order chi connectivity index (χ0) is 11.7. The maximum Gasteiger partial charge on any atom is 0.305 e. The molecule has 0 aromatic carbocycles. The van der Waals surface area contributed by atoms with Gasteiger partial charge < -0.3 is 4.74 Å². The van der Waals surface area contributed by atoms with Crippen LogP contribution in [-0.4, -0.2) is 12.6 Å². The SMILES string of the molecule is CC(C)CCCCOC(=O)CCC(C)C. The summed E-state index contributed by atoms with van der Waals surface area (Å²) in [7, 11) is 0. The van der Waals surface area contributed by atoms with Gasteiger partial charge in [0, 0.05) is 6.42 Å². The summed E-state index contributed by atoms with van der Waals surface area (Å²) < 4.78 is 5.14. The maximum atomic E-state index is 11.2. The van der Waals surface area contributed by atoms with Gasteiger partial charge in [-0.2, -0.15) is 0 Å². The molecule has 2 heteroatoms. The number of hydrogen-bond donors (Lipinski definition) is 0. The van der Waals surface area contributed by atoms with Gasteiger partial charge in [-0.15, -0.1) is 0 Å². The first-order valence-electron chi connectivity index (χ1n) is 6.18. The smallest absolute Gasteiger partial charge is 0.305 e. The quantitative estimate of drug-likeness (QED) is 0.454. The van der Waals surface area contributed by atoms with E-state index in [-0.39, 0.29) is 5.97 Å². The zero-order valence-corrected chi connectivity index (χ0v) is 10.7. The first kappa shape index (κ1) is 14.5. The monoisotopic (exact) mass is 214 g/mol. The Hall–Kier alpha value is -0.530. The molecule has 0 fully saturated rings. The highest BCUT2D eigenvalue weighted by atomic mass is 16.5. The van der Waals surface area contributed by atoms with E-state index in [4.69, 9.17) is 4.74 Å². The van der Waals surface area contributed by atoms with Crippen LogP contribution in [0.4, 0.5) is 0 Å². The van der Waals surface area contributed by atoms with Gasteiger partial charge in [-0.3, -0.25) is 4.79 Å². The second-order valence-corrected chi connectivity index (χ2v) is 5.04. The van der Waals surface area contributed by atoms with Crippen LogP contribution in [0.5, 0.6) is 0 Å². The molecule has 0 saturated carbocycles. The van der Waals surface area contributed by atoms with Gasteiger partial charge >= 0.3 is 5.97 Å². The molecule has 0 atom stereocenters. The summed E-state index contributed by atoms with van der Waals surface area (Å²) in [4.78, 5) is 11.2. The van der Waals surface area contributed by atoms with Crippen LogP contribution in [0, 0.1) is 11.8 Å². The first-order valence-corrected chi connectivity index (χ1v) is 6.18. The van der Waals surface area contributed by atoms with Crippen LogP contribution in [0.2, 0.25) is 0 Å². The molecule has 0 spiro atoms. The Bertz CT molecular complexity index is 162. The van der Waals surface area contributed by atoms with Crippen LogP contribution in [0.3, 0.4) is 0 Å². The van der Waals surface area contributed by atoms with Gasteiger partial charge in [0.2, 0.25) is 0 Å². The van der Waals surface area contributed by atoms with Crippen LogP contribution in [0.25, 0.3) is 0 Å². The van der Waals surface area contributed by atoms with Crippen molar-refractivity contribution in [2.45, 2.75) is 59.8 Å². The molecule has 0 aliphatic heterocycles. The van der Waals surface area contributed by atoms with Crippen LogP contribution >= 0.6 is 0 Å². The summed E-state index contributed by atoms with van der Waals surface area (Å²) in [6.07, 6.45) is 4.90. The predicted octanol–water partition coefficient (Wildman–Crippen LogP) is 3.79. The second-order valence-electron chi connectivity index (χ2n) is 5.04. The minimum atomic E-state index is -0.0340. The Morgan fingerprint density at radius 1 is 1.00 bits per heavy atom. The van der Waals surface area contributed by atoms with Crippen LogP contribution < -0.4 is 0 Å². The van der Waals surface area contributed by atoms with E-state index in [1.807, 2.05) is 0 Å². The van der Waals surface area contributed by atoms with Crippen LogP contribution in [0.15, 0.2) is 0 Å². The van der Waals surface area contributed by atoms with Gasteiger partial charge in [0.1, 0.15) is 0 Å². The van der Waals surface area contributed by atoms with Crippen molar-refractivity contribution in [3.8, 4) is 0 Å². The lowest BCUT2D eigenvalue weighted by molar-refractivity contribution is -0.144. The number of carbonyl (C=O) groups is 1. The molecule has 90 valence electrons. The molecule has 0 radical (unpaired) electrons. The van der Waals surface area contributed by atoms with E-state index >= 15 is 0 Å². The van der Waals surface area contributed by atoms with Crippen LogP contribution in [0.1, 0.15) is 59.8 Å². The first-order chi connectivity index (χ1) is 7.02. The van der Waals surface area contributed by atoms with E-state index in [0.29, 0.717) is 18.9 Å². The number of esters is 1. The van der Waals surface area contributed by atoms with Crippen molar-refractivity contribution in [3.05, 3.63) is 0 Å². The Morgan fingerprint density at radius 2 is 1.60 bits per heavy atom. The molecule has 0 heterocycles. The average Bonchev–Trinajstić information content (AvgIpc) is 2.13. The topological polar surface area (TPSA) is 26.3 Å². The summed E-state index contributed by atoms with van der Waals surface area (Å²) >= 11 is 0. The van der Waals surface area contributed by atoms with E-state index in [2.05, 4.69) is 27.7 Å². The van der Waals surface area contributed by atoms with Crippen molar-refractivity contribution in [3.63, 3.8) is 0 Å². The third kappa shape index (κ3) is 11.4. The highest BCUT2D eigenvalue weighted by Crippen LogP contribution is 2.07. The lowest BCUT2D eigenvalue weighted by Gasteiger charge is -2.07. The molecule has 0 rings (SSSR count). The fraction of sp³-hybridized carbons (Fsp3) is 0.923. The van der Waals surface area contributed by atoms with Crippen LogP contribution in [-0.2, 0) is 9.53 Å². The van der Waals surface area contributed by atoms with Gasteiger partial charge in [0.05, 0.1) is 6.61 Å². The van der Waals surface area contributed by atoms with E-state index in [1.54, 1.807) is 0 Å². The number of unbranched alkanes of at least 4 members (excludes halogenated alkanes) is 1. The largest absolute Gasteiger partial charge is 0.466 e. The Balaban J connectivity index is 3.24. The Labute approximate surface area is 94.4 Å². The highest BCUT2D eigenvalue weighted by Gasteiger charge is 2.04. The number of ether oxygens (including phenoxy) is 1. The molecule has 0 amide bonds. The van der Waals surface area contributed by atoms with Crippen molar-refractivity contribution >= 4 is 5.97 Å². The molecule has 15 heavy (non-hydrogen) atoms. The normalized spacial score (nSPS) is 11.1. The molecule has 0 unspecified atom stereocenters. The summed E-state index contributed by atoms with van der Waals surface area (Å²) in [5, 5.41) is 0. The minimum Gasteiger partial charge on any atom is -0.466 e. The number of carbonyl (C=O) groups excluding carboxylic acids is 1. The third-order valence-electron chi connectivity index (χ3n) is 2.36. The molecule has 0 aromatic rings. The standard InChI is InChI=1S/C13H26O2/c1-11(2)7-5-6-10-15-13(14)9-8-12(3)4/h11-12H,5-10H2,1-4H3. The highest BCUT2D eigenvalue weighted by molar-refractivity contribution is 5.69. The summed E-state index contributed by atoms with van der Waals surface area (Å²) in [6.45, 7) is 9.28. The zero-order valence-electron chi connectivity index (χ0n) is 10.7. The van der Waals surface area contributed by atoms with Crippen molar-refractivity contribution in [1.82, 2.24) is 0 Å². The van der Waals surface area contributed by atoms with Crippen molar-refractivity contribution in [1.29, 1.82) is 0 Å². The summed E-state index contributed by atoms with van der Waals surface area (Å²) in [6, 6.07) is 0. The number of rotatable bonds is 8. The van der Waals surface area contributed by atoms with Crippen molar-refractivity contribution < 1.29 is 9.53 Å². The number of hydrogen-bond acceptors (Lipinski definition) is 2. The summed E-state index contributed by atoms with van der Waals surface area (Å²) in [5.74, 6) is 1.30. The summed E-state index contributed by atoms with van der Waals surface area (Å²) in [5.41, 5.74) is 0. The average molecular weight is 214 g/mol.